The van der Waals surface area contributed by atoms with Crippen LogP contribution in [0, 0.1) is 0 Å². The minimum absolute atomic E-state index is 0.0655. The summed E-state index contributed by atoms with van der Waals surface area (Å²) in [6, 6.07) is 4.36. The highest BCUT2D eigenvalue weighted by Crippen LogP contribution is 2.44. The number of phenolic OH excluding ortho intramolecular Hbond substituents is 4. The van der Waals surface area contributed by atoms with Crippen LogP contribution in [0.4, 0.5) is 0 Å². The van der Waals surface area contributed by atoms with Crippen molar-refractivity contribution in [1.29, 1.82) is 0 Å². The van der Waals surface area contributed by atoms with Crippen molar-refractivity contribution in [2.75, 3.05) is 20.3 Å². The van der Waals surface area contributed by atoms with E-state index in [2.05, 4.69) is 0 Å². The molecule has 3 aromatic rings. The van der Waals surface area contributed by atoms with E-state index >= 15 is 0 Å². The molecular formula is C28H32O18. The van der Waals surface area contributed by atoms with E-state index in [0.717, 1.165) is 18.2 Å². The lowest BCUT2D eigenvalue weighted by Gasteiger charge is -2.45. The van der Waals surface area contributed by atoms with Gasteiger partial charge in [0.1, 0.15) is 59.8 Å². The van der Waals surface area contributed by atoms with Crippen LogP contribution in [0.3, 0.4) is 0 Å². The lowest BCUT2D eigenvalue weighted by atomic mass is 9.97. The van der Waals surface area contributed by atoms with Crippen molar-refractivity contribution >= 4 is 11.0 Å². The molecule has 2 aromatic carbocycles. The van der Waals surface area contributed by atoms with Crippen LogP contribution >= 0.6 is 0 Å². The highest BCUT2D eigenvalue weighted by molar-refractivity contribution is 5.91. The first kappa shape index (κ1) is 33.4. The third-order valence-corrected chi connectivity index (χ3v) is 7.71. The quantitative estimate of drug-likeness (QED) is 0.110. The molecule has 10 unspecified atom stereocenters. The summed E-state index contributed by atoms with van der Waals surface area (Å²) in [6.07, 6.45) is -17.9. The van der Waals surface area contributed by atoms with Gasteiger partial charge in [-0.2, -0.15) is 0 Å². The van der Waals surface area contributed by atoms with Crippen LogP contribution in [0.5, 0.6) is 34.5 Å². The fourth-order valence-electron chi connectivity index (χ4n) is 5.17. The van der Waals surface area contributed by atoms with Gasteiger partial charge in [-0.05, 0) is 18.2 Å². The molecule has 18 nitrogen and oxygen atoms in total. The maximum Gasteiger partial charge on any atom is 0.239 e. The van der Waals surface area contributed by atoms with Gasteiger partial charge in [0.25, 0.3) is 0 Å². The second-order valence-corrected chi connectivity index (χ2v) is 10.6. The number of benzene rings is 2. The Labute approximate surface area is 257 Å². The van der Waals surface area contributed by atoms with Crippen LogP contribution in [0.1, 0.15) is 0 Å². The molecule has 18 heteroatoms. The monoisotopic (exact) mass is 656 g/mol. The Morgan fingerprint density at radius 1 is 0.761 bits per heavy atom. The molecule has 1 aromatic heterocycles. The van der Waals surface area contributed by atoms with E-state index < -0.39 is 120 Å². The Morgan fingerprint density at radius 2 is 1.41 bits per heavy atom. The van der Waals surface area contributed by atoms with Crippen LogP contribution in [0.15, 0.2) is 33.5 Å². The summed E-state index contributed by atoms with van der Waals surface area (Å²) in [5.41, 5.74) is -1.52. The van der Waals surface area contributed by atoms with Crippen LogP contribution in [-0.4, -0.2) is 138 Å². The average molecular weight is 657 g/mol. The standard InChI is InChI=1S/C28H32O18/c1-41-12-5-11-15(18(35)16(12)33)19(36)26(24(42-11)8-2-3-9(31)10(32)4-8)46-28-23(40)21(38)25(14(7-30)44-28)45-27-22(39)20(37)17(34)13(6-29)43-27/h2-5,13-14,17,20-23,25,27-35,37-40H,6-7H2,1H3. The number of aromatic hydroxyl groups is 4. The second-order valence-electron chi connectivity index (χ2n) is 10.6. The first-order valence-corrected chi connectivity index (χ1v) is 13.7. The normalized spacial score (nSPS) is 31.6. The molecule has 0 bridgehead atoms. The van der Waals surface area contributed by atoms with E-state index in [0.29, 0.717) is 0 Å². The molecule has 252 valence electrons. The third-order valence-electron chi connectivity index (χ3n) is 7.71. The number of aliphatic hydroxyl groups excluding tert-OH is 7. The number of ether oxygens (including phenoxy) is 5. The van der Waals surface area contributed by atoms with Gasteiger partial charge >= 0.3 is 0 Å². The van der Waals surface area contributed by atoms with E-state index in [1.165, 1.54) is 13.2 Å². The first-order valence-electron chi connectivity index (χ1n) is 13.7. The van der Waals surface area contributed by atoms with Crippen molar-refractivity contribution in [2.24, 2.45) is 0 Å². The summed E-state index contributed by atoms with van der Waals surface area (Å²) in [7, 11) is 1.17. The van der Waals surface area contributed by atoms with Gasteiger partial charge in [-0.25, -0.2) is 0 Å². The lowest BCUT2D eigenvalue weighted by molar-refractivity contribution is -0.352. The summed E-state index contributed by atoms with van der Waals surface area (Å²) < 4.78 is 32.9. The maximum absolute atomic E-state index is 13.7. The molecule has 0 aliphatic carbocycles. The smallest absolute Gasteiger partial charge is 0.239 e. The summed E-state index contributed by atoms with van der Waals surface area (Å²) in [5, 5.41) is 112. The molecule has 11 N–H and O–H groups in total. The molecule has 2 fully saturated rings. The topological polar surface area (TPSA) is 299 Å². The van der Waals surface area contributed by atoms with Gasteiger partial charge in [0.05, 0.1) is 20.3 Å². The fourth-order valence-corrected chi connectivity index (χ4v) is 5.17. The Bertz CT molecular complexity index is 1620. The molecule has 3 heterocycles. The Hall–Kier alpha value is -3.95. The molecule has 5 rings (SSSR count). The maximum atomic E-state index is 13.7. The lowest BCUT2D eigenvalue weighted by Crippen LogP contribution is -2.65. The molecule has 46 heavy (non-hydrogen) atoms. The van der Waals surface area contributed by atoms with Crippen LogP contribution in [0.2, 0.25) is 0 Å². The van der Waals surface area contributed by atoms with Gasteiger partial charge in [0.15, 0.2) is 35.0 Å². The predicted molar refractivity (Wildman–Crippen MR) is 148 cm³/mol. The summed E-state index contributed by atoms with van der Waals surface area (Å²) in [4.78, 5) is 13.7. The summed E-state index contributed by atoms with van der Waals surface area (Å²) in [5.74, 6) is -4.42. The number of hydrogen-bond acceptors (Lipinski definition) is 18. The number of hydrogen-bond donors (Lipinski definition) is 11. The van der Waals surface area contributed by atoms with Crippen molar-refractivity contribution in [3.8, 4) is 45.8 Å². The molecule has 2 saturated heterocycles. The van der Waals surface area contributed by atoms with Crippen LogP contribution in [0.25, 0.3) is 22.3 Å². The average Bonchev–Trinajstić information content (AvgIpc) is 3.04. The Kier molecular flexibility index (Phi) is 9.47. The summed E-state index contributed by atoms with van der Waals surface area (Å²) in [6.45, 7) is -1.70. The number of phenols is 4. The third kappa shape index (κ3) is 5.75. The van der Waals surface area contributed by atoms with Crippen LogP contribution < -0.4 is 14.9 Å². The molecule has 0 amide bonds. The minimum Gasteiger partial charge on any atom is -0.504 e. The molecular weight excluding hydrogens is 624 g/mol. The second kappa shape index (κ2) is 13.0. The highest BCUT2D eigenvalue weighted by Gasteiger charge is 2.51. The molecule has 2 aliphatic heterocycles. The predicted octanol–water partition coefficient (Wildman–Crippen LogP) is -2.71. The van der Waals surface area contributed by atoms with Gasteiger partial charge < -0.3 is 84.3 Å². The molecule has 0 radical (unpaired) electrons. The van der Waals surface area contributed by atoms with Gasteiger partial charge in [0.2, 0.25) is 23.2 Å². The van der Waals surface area contributed by atoms with Gasteiger partial charge in [0, 0.05) is 11.6 Å². The van der Waals surface area contributed by atoms with Crippen molar-refractivity contribution in [2.45, 2.75) is 61.4 Å². The molecule has 2 aliphatic rings. The van der Waals surface area contributed by atoms with Crippen molar-refractivity contribution in [1.82, 2.24) is 0 Å². The zero-order valence-electron chi connectivity index (χ0n) is 23.8. The van der Waals surface area contributed by atoms with E-state index in [-0.39, 0.29) is 16.9 Å². The Morgan fingerprint density at radius 3 is 2.04 bits per heavy atom. The first-order chi connectivity index (χ1) is 21.8. The SMILES string of the molecule is COc1cc2oc(-c3ccc(O)c(O)c3)c(OC3OC(CO)C(OC4OC(CO)C(O)C(O)C4O)C(O)C3O)c(=O)c2c(O)c1O. The fraction of sp³-hybridized carbons (Fsp3) is 0.464. The number of aliphatic hydroxyl groups is 7. The molecule has 0 spiro atoms. The van der Waals surface area contributed by atoms with Gasteiger partial charge in [-0.15, -0.1) is 0 Å². The van der Waals surface area contributed by atoms with E-state index in [4.69, 9.17) is 28.1 Å². The van der Waals surface area contributed by atoms with Crippen LogP contribution in [-0.2, 0) is 14.2 Å². The zero-order chi connectivity index (χ0) is 33.6. The van der Waals surface area contributed by atoms with Crippen molar-refractivity contribution in [3.63, 3.8) is 0 Å². The number of methoxy groups -OCH3 is 1. The number of rotatable bonds is 8. The van der Waals surface area contributed by atoms with E-state index in [1.807, 2.05) is 0 Å². The van der Waals surface area contributed by atoms with Gasteiger partial charge in [-0.3, -0.25) is 4.79 Å². The van der Waals surface area contributed by atoms with E-state index in [1.54, 1.807) is 0 Å². The largest absolute Gasteiger partial charge is 0.504 e. The number of fused-ring (bicyclic) bond motifs is 1. The minimum atomic E-state index is -2.08. The molecule has 10 atom stereocenters. The van der Waals surface area contributed by atoms with Gasteiger partial charge in [-0.1, -0.05) is 0 Å². The van der Waals surface area contributed by atoms with Crippen molar-refractivity contribution < 1.29 is 84.3 Å². The van der Waals surface area contributed by atoms with E-state index in [9.17, 15) is 61.0 Å². The highest BCUT2D eigenvalue weighted by atomic mass is 16.7. The summed E-state index contributed by atoms with van der Waals surface area (Å²) >= 11 is 0. The molecule has 0 saturated carbocycles. The zero-order valence-corrected chi connectivity index (χ0v) is 23.8. The van der Waals surface area contributed by atoms with Crippen molar-refractivity contribution in [3.05, 3.63) is 34.5 Å². The Balaban J connectivity index is 1.52.